The summed E-state index contributed by atoms with van der Waals surface area (Å²) in [6.45, 7) is 4.63. The molecule has 2 heterocycles. The van der Waals surface area contributed by atoms with Crippen LogP contribution in [0, 0.1) is 0 Å². The van der Waals surface area contributed by atoms with E-state index in [4.69, 9.17) is 9.47 Å². The third kappa shape index (κ3) is 3.97. The lowest BCUT2D eigenvalue weighted by Crippen LogP contribution is -2.49. The molecule has 0 aliphatic carbocycles. The summed E-state index contributed by atoms with van der Waals surface area (Å²) in [4.78, 5) is 26.4. The number of imide groups is 1. The van der Waals surface area contributed by atoms with E-state index < -0.39 is 6.03 Å². The first-order valence-electron chi connectivity index (χ1n) is 8.39. The van der Waals surface area contributed by atoms with Gasteiger partial charge >= 0.3 is 6.03 Å². The van der Waals surface area contributed by atoms with Crippen LogP contribution in [0.25, 0.3) is 0 Å². The second-order valence-corrected chi connectivity index (χ2v) is 6.07. The number of likely N-dealkylation sites (tertiary alicyclic amines) is 1. The third-order valence-corrected chi connectivity index (χ3v) is 4.35. The van der Waals surface area contributed by atoms with E-state index in [1.807, 2.05) is 6.92 Å². The van der Waals surface area contributed by atoms with Crippen LogP contribution in [0.15, 0.2) is 18.2 Å². The van der Waals surface area contributed by atoms with Gasteiger partial charge in [0.25, 0.3) is 0 Å². The van der Waals surface area contributed by atoms with Gasteiger partial charge in [0.05, 0.1) is 6.04 Å². The first kappa shape index (κ1) is 16.6. The number of carbonyl (C=O) groups is 2. The highest BCUT2D eigenvalue weighted by molar-refractivity contribution is 6.02. The van der Waals surface area contributed by atoms with E-state index in [-0.39, 0.29) is 11.9 Å². The Labute approximate surface area is 141 Å². The van der Waals surface area contributed by atoms with Gasteiger partial charge in [0.15, 0.2) is 11.5 Å². The molecule has 0 saturated carbocycles. The SMILES string of the molecule is CC(C(=O)NC(=O)Nc1ccc2c(c1)OCCO2)N1CCCCC1. The first-order chi connectivity index (χ1) is 11.6. The lowest BCUT2D eigenvalue weighted by Gasteiger charge is -2.31. The summed E-state index contributed by atoms with van der Waals surface area (Å²) in [7, 11) is 0. The molecule has 3 rings (SSSR count). The van der Waals surface area contributed by atoms with Crippen molar-refractivity contribution in [1.82, 2.24) is 10.2 Å². The van der Waals surface area contributed by atoms with Crippen molar-refractivity contribution < 1.29 is 19.1 Å². The number of nitrogens with one attached hydrogen (secondary N) is 2. The van der Waals surface area contributed by atoms with Crippen LogP contribution in [0.4, 0.5) is 10.5 Å². The molecule has 0 aromatic heterocycles. The smallest absolute Gasteiger partial charge is 0.325 e. The average molecular weight is 333 g/mol. The topological polar surface area (TPSA) is 79.9 Å². The number of hydrogen-bond donors (Lipinski definition) is 2. The number of hydrogen-bond acceptors (Lipinski definition) is 5. The molecule has 2 N–H and O–H groups in total. The summed E-state index contributed by atoms with van der Waals surface area (Å²) >= 11 is 0. The Hall–Kier alpha value is -2.28. The Bertz CT molecular complexity index is 614. The second-order valence-electron chi connectivity index (χ2n) is 6.07. The van der Waals surface area contributed by atoms with Crippen molar-refractivity contribution in [1.29, 1.82) is 0 Å². The van der Waals surface area contributed by atoms with E-state index in [2.05, 4.69) is 15.5 Å². The van der Waals surface area contributed by atoms with Crippen molar-refractivity contribution in [3.8, 4) is 11.5 Å². The highest BCUT2D eigenvalue weighted by Gasteiger charge is 2.24. The Morgan fingerprint density at radius 1 is 1.08 bits per heavy atom. The molecule has 0 spiro atoms. The van der Waals surface area contributed by atoms with E-state index in [9.17, 15) is 9.59 Å². The molecular weight excluding hydrogens is 310 g/mol. The molecule has 0 radical (unpaired) electrons. The number of urea groups is 1. The molecule has 2 aliphatic rings. The predicted octanol–water partition coefficient (Wildman–Crippen LogP) is 1.98. The average Bonchev–Trinajstić information content (AvgIpc) is 2.61. The van der Waals surface area contributed by atoms with Gasteiger partial charge in [-0.25, -0.2) is 4.79 Å². The van der Waals surface area contributed by atoms with Gasteiger partial charge in [-0.15, -0.1) is 0 Å². The monoisotopic (exact) mass is 333 g/mol. The summed E-state index contributed by atoms with van der Waals surface area (Å²) in [5.74, 6) is 0.959. The van der Waals surface area contributed by atoms with Gasteiger partial charge in [-0.3, -0.25) is 15.0 Å². The lowest BCUT2D eigenvalue weighted by molar-refractivity contribution is -0.125. The van der Waals surface area contributed by atoms with Crippen LogP contribution in [0.2, 0.25) is 0 Å². The maximum absolute atomic E-state index is 12.2. The van der Waals surface area contributed by atoms with Gasteiger partial charge in [0.2, 0.25) is 5.91 Å². The minimum Gasteiger partial charge on any atom is -0.486 e. The molecule has 1 aromatic carbocycles. The molecule has 1 aromatic rings. The number of piperidine rings is 1. The van der Waals surface area contributed by atoms with Crippen molar-refractivity contribution in [3.63, 3.8) is 0 Å². The Balaban J connectivity index is 1.54. The molecule has 1 saturated heterocycles. The third-order valence-electron chi connectivity index (χ3n) is 4.35. The van der Waals surface area contributed by atoms with Crippen LogP contribution in [-0.4, -0.2) is 49.2 Å². The molecule has 1 unspecified atom stereocenters. The van der Waals surface area contributed by atoms with E-state index in [0.29, 0.717) is 30.4 Å². The normalized spacial score (nSPS) is 18.5. The summed E-state index contributed by atoms with van der Waals surface area (Å²) < 4.78 is 10.9. The van der Waals surface area contributed by atoms with Gasteiger partial charge in [0.1, 0.15) is 13.2 Å². The molecular formula is C17H23N3O4. The van der Waals surface area contributed by atoms with Crippen molar-refractivity contribution in [3.05, 3.63) is 18.2 Å². The van der Waals surface area contributed by atoms with Gasteiger partial charge in [-0.1, -0.05) is 6.42 Å². The molecule has 1 atom stereocenters. The Kier molecular flexibility index (Phi) is 5.20. The second kappa shape index (κ2) is 7.53. The quantitative estimate of drug-likeness (QED) is 0.884. The number of rotatable bonds is 3. The van der Waals surface area contributed by atoms with Crippen molar-refractivity contribution in [2.45, 2.75) is 32.2 Å². The van der Waals surface area contributed by atoms with E-state index >= 15 is 0 Å². The Morgan fingerprint density at radius 3 is 2.54 bits per heavy atom. The van der Waals surface area contributed by atoms with Gasteiger partial charge in [-0.2, -0.15) is 0 Å². The maximum atomic E-state index is 12.2. The zero-order valence-electron chi connectivity index (χ0n) is 13.8. The highest BCUT2D eigenvalue weighted by atomic mass is 16.6. The number of fused-ring (bicyclic) bond motifs is 1. The van der Waals surface area contributed by atoms with E-state index in [0.717, 1.165) is 25.9 Å². The predicted molar refractivity (Wildman–Crippen MR) is 89.5 cm³/mol. The first-order valence-corrected chi connectivity index (χ1v) is 8.39. The number of anilines is 1. The maximum Gasteiger partial charge on any atom is 0.325 e. The number of carbonyl (C=O) groups excluding carboxylic acids is 2. The zero-order chi connectivity index (χ0) is 16.9. The Morgan fingerprint density at radius 2 is 1.79 bits per heavy atom. The van der Waals surface area contributed by atoms with Crippen LogP contribution >= 0.6 is 0 Å². The van der Waals surface area contributed by atoms with Gasteiger partial charge in [-0.05, 0) is 45.0 Å². The summed E-state index contributed by atoms with van der Waals surface area (Å²) in [6.07, 6.45) is 3.40. The van der Waals surface area contributed by atoms with E-state index in [1.165, 1.54) is 6.42 Å². The molecule has 0 bridgehead atoms. The number of amides is 3. The summed E-state index contributed by atoms with van der Waals surface area (Å²) in [5, 5.41) is 5.06. The fourth-order valence-corrected chi connectivity index (χ4v) is 2.97. The van der Waals surface area contributed by atoms with Crippen LogP contribution in [0.5, 0.6) is 11.5 Å². The molecule has 24 heavy (non-hydrogen) atoms. The fourth-order valence-electron chi connectivity index (χ4n) is 2.97. The molecule has 3 amide bonds. The minimum absolute atomic E-state index is 0.285. The summed E-state index contributed by atoms with van der Waals surface area (Å²) in [5.41, 5.74) is 0.551. The number of ether oxygens (including phenoxy) is 2. The van der Waals surface area contributed by atoms with E-state index in [1.54, 1.807) is 18.2 Å². The standard InChI is InChI=1S/C17H23N3O4/c1-12(20-7-3-2-4-8-20)16(21)19-17(22)18-13-5-6-14-15(11-13)24-10-9-23-14/h5-6,11-12H,2-4,7-10H2,1H3,(H2,18,19,21,22). The van der Waals surface area contributed by atoms with Crippen LogP contribution in [-0.2, 0) is 4.79 Å². The van der Waals surface area contributed by atoms with Crippen LogP contribution < -0.4 is 20.1 Å². The van der Waals surface area contributed by atoms with Crippen LogP contribution in [0.1, 0.15) is 26.2 Å². The van der Waals surface area contributed by atoms with Gasteiger partial charge < -0.3 is 14.8 Å². The summed E-state index contributed by atoms with van der Waals surface area (Å²) in [6, 6.07) is 4.29. The lowest BCUT2D eigenvalue weighted by atomic mass is 10.1. The molecule has 130 valence electrons. The molecule has 7 nitrogen and oxygen atoms in total. The molecule has 1 fully saturated rings. The minimum atomic E-state index is -0.541. The zero-order valence-corrected chi connectivity index (χ0v) is 13.8. The number of nitrogens with zero attached hydrogens (tertiary/aromatic N) is 1. The highest BCUT2D eigenvalue weighted by Crippen LogP contribution is 2.32. The van der Waals surface area contributed by atoms with Gasteiger partial charge in [0, 0.05) is 11.8 Å². The fraction of sp³-hybridized carbons (Fsp3) is 0.529. The van der Waals surface area contributed by atoms with Crippen molar-refractivity contribution in [2.24, 2.45) is 0 Å². The van der Waals surface area contributed by atoms with Crippen LogP contribution in [0.3, 0.4) is 0 Å². The molecule has 7 heteroatoms. The largest absolute Gasteiger partial charge is 0.486 e. The molecule has 2 aliphatic heterocycles. The number of benzene rings is 1. The van der Waals surface area contributed by atoms with Crippen molar-refractivity contribution >= 4 is 17.6 Å². The van der Waals surface area contributed by atoms with Crippen molar-refractivity contribution in [2.75, 3.05) is 31.6 Å².